The molecule has 0 amide bonds. The quantitative estimate of drug-likeness (QED) is 0.693. The fourth-order valence-corrected chi connectivity index (χ4v) is 2.43. The van der Waals surface area contributed by atoms with Crippen LogP contribution in [0.2, 0.25) is 0 Å². The maximum Gasteiger partial charge on any atom is 0.0384 e. The lowest BCUT2D eigenvalue weighted by Gasteiger charge is -2.33. The van der Waals surface area contributed by atoms with E-state index in [1.807, 2.05) is 0 Å². The monoisotopic (exact) mass is 297 g/mol. The molecule has 0 aromatic heterocycles. The van der Waals surface area contributed by atoms with Gasteiger partial charge in [0.25, 0.3) is 0 Å². The predicted octanol–water partition coefficient (Wildman–Crippen LogP) is 3.10. The van der Waals surface area contributed by atoms with Gasteiger partial charge >= 0.3 is 0 Å². The fraction of sp³-hybridized carbons (Fsp3) is 0.368. The highest BCUT2D eigenvalue weighted by molar-refractivity contribution is 5.15. The van der Waals surface area contributed by atoms with Gasteiger partial charge < -0.3 is 4.90 Å². The Morgan fingerprint density at radius 2 is 1.14 bits per heavy atom. The molecule has 2 aromatic carbocycles. The van der Waals surface area contributed by atoms with Crippen molar-refractivity contribution in [3.8, 4) is 0 Å². The minimum absolute atomic E-state index is 0.932. The van der Waals surface area contributed by atoms with Gasteiger partial charge in [0.2, 0.25) is 0 Å². The van der Waals surface area contributed by atoms with E-state index >= 15 is 0 Å². The van der Waals surface area contributed by atoms with E-state index in [0.29, 0.717) is 0 Å². The zero-order chi connectivity index (χ0) is 15.8. The molecule has 0 atom stereocenters. The molecule has 0 aliphatic heterocycles. The number of likely N-dealkylation sites (N-methyl/N-ethyl adjacent to an activating group) is 1. The number of hydrogen-bond donors (Lipinski definition) is 0. The van der Waals surface area contributed by atoms with E-state index in [1.54, 1.807) is 0 Å². The third-order valence-electron chi connectivity index (χ3n) is 3.75. The molecule has 118 valence electrons. The maximum absolute atomic E-state index is 2.42. The first-order valence-electron chi connectivity index (χ1n) is 7.84. The minimum atomic E-state index is 0.932. The summed E-state index contributed by atoms with van der Waals surface area (Å²) in [6, 6.07) is 21.3. The average molecular weight is 297 g/mol. The van der Waals surface area contributed by atoms with Crippen molar-refractivity contribution >= 4 is 0 Å². The van der Waals surface area contributed by atoms with E-state index in [4.69, 9.17) is 0 Å². The summed E-state index contributed by atoms with van der Waals surface area (Å²) in [5.41, 5.74) is 2.69. The van der Waals surface area contributed by atoms with Gasteiger partial charge in [0.15, 0.2) is 0 Å². The van der Waals surface area contributed by atoms with E-state index in [-0.39, 0.29) is 0 Å². The Morgan fingerprint density at radius 1 is 0.636 bits per heavy atom. The second-order valence-electron chi connectivity index (χ2n) is 5.98. The third kappa shape index (κ3) is 5.60. The second kappa shape index (κ2) is 8.69. The summed E-state index contributed by atoms with van der Waals surface area (Å²) in [7, 11) is 6.42. The zero-order valence-corrected chi connectivity index (χ0v) is 13.9. The number of hydrazine groups is 1. The molecule has 22 heavy (non-hydrogen) atoms. The Labute approximate surface area is 134 Å². The summed E-state index contributed by atoms with van der Waals surface area (Å²) in [4.78, 5) is 2.23. The van der Waals surface area contributed by atoms with E-state index in [0.717, 1.165) is 26.2 Å². The van der Waals surface area contributed by atoms with E-state index in [2.05, 4.69) is 96.7 Å². The van der Waals surface area contributed by atoms with Gasteiger partial charge in [0.1, 0.15) is 0 Å². The molecule has 2 aromatic rings. The highest BCUT2D eigenvalue weighted by Crippen LogP contribution is 2.10. The van der Waals surface area contributed by atoms with Gasteiger partial charge in [-0.3, -0.25) is 0 Å². The van der Waals surface area contributed by atoms with Crippen LogP contribution in [0, 0.1) is 0 Å². The molecule has 0 N–H and O–H groups in total. The third-order valence-corrected chi connectivity index (χ3v) is 3.75. The van der Waals surface area contributed by atoms with Crippen LogP contribution in [0.25, 0.3) is 0 Å². The van der Waals surface area contributed by atoms with Crippen LogP contribution in [0.3, 0.4) is 0 Å². The molecule has 0 aliphatic rings. The molecule has 0 heterocycles. The Balaban J connectivity index is 2.02. The van der Waals surface area contributed by atoms with Crippen molar-refractivity contribution in [2.75, 3.05) is 34.2 Å². The second-order valence-corrected chi connectivity index (χ2v) is 5.98. The van der Waals surface area contributed by atoms with Crippen molar-refractivity contribution in [1.29, 1.82) is 0 Å². The largest absolute Gasteiger partial charge is 0.308 e. The van der Waals surface area contributed by atoms with Crippen LogP contribution in [0.4, 0.5) is 0 Å². The molecule has 0 saturated carbocycles. The standard InChI is InChI=1S/C19H27N3/c1-20(2)14-15-22(17-19-12-8-5-9-13-19)21(3)16-18-10-6-4-7-11-18/h4-13H,14-17H2,1-3H3. The van der Waals surface area contributed by atoms with Crippen molar-refractivity contribution in [3.63, 3.8) is 0 Å². The van der Waals surface area contributed by atoms with Crippen LogP contribution in [0.15, 0.2) is 60.7 Å². The van der Waals surface area contributed by atoms with Gasteiger partial charge in [-0.05, 0) is 25.2 Å². The molecule has 3 heteroatoms. The summed E-state index contributed by atoms with van der Waals surface area (Å²) in [6.07, 6.45) is 0. The predicted molar refractivity (Wildman–Crippen MR) is 93.3 cm³/mol. The highest BCUT2D eigenvalue weighted by atomic mass is 15.6. The highest BCUT2D eigenvalue weighted by Gasteiger charge is 2.12. The van der Waals surface area contributed by atoms with Crippen molar-refractivity contribution in [1.82, 2.24) is 14.9 Å². The number of nitrogens with zero attached hydrogens (tertiary/aromatic N) is 3. The molecule has 0 saturated heterocycles. The van der Waals surface area contributed by atoms with Gasteiger partial charge in [-0.25, -0.2) is 10.0 Å². The van der Waals surface area contributed by atoms with E-state index < -0.39 is 0 Å². The first-order chi connectivity index (χ1) is 10.6. The molecule has 3 nitrogen and oxygen atoms in total. The van der Waals surface area contributed by atoms with Crippen LogP contribution < -0.4 is 0 Å². The summed E-state index contributed by atoms with van der Waals surface area (Å²) in [5, 5.41) is 4.74. The molecular formula is C19H27N3. The smallest absolute Gasteiger partial charge is 0.0384 e. The summed E-state index contributed by atoms with van der Waals surface area (Å²) in [6.45, 7) is 3.94. The molecule has 0 radical (unpaired) electrons. The van der Waals surface area contributed by atoms with Gasteiger partial charge in [0, 0.05) is 33.2 Å². The lowest BCUT2D eigenvalue weighted by atomic mass is 10.2. The van der Waals surface area contributed by atoms with Gasteiger partial charge in [-0.15, -0.1) is 0 Å². The van der Waals surface area contributed by atoms with Crippen LogP contribution in [0.1, 0.15) is 11.1 Å². The lowest BCUT2D eigenvalue weighted by molar-refractivity contribution is -0.0205. The van der Waals surface area contributed by atoms with E-state index in [9.17, 15) is 0 Å². The molecule has 0 fully saturated rings. The van der Waals surface area contributed by atoms with Crippen LogP contribution in [-0.2, 0) is 13.1 Å². The molecule has 0 spiro atoms. The number of hydrogen-bond acceptors (Lipinski definition) is 3. The molecule has 2 rings (SSSR count). The van der Waals surface area contributed by atoms with Crippen molar-refractivity contribution in [3.05, 3.63) is 71.8 Å². The summed E-state index contributed by atoms with van der Waals surface area (Å²) >= 11 is 0. The Kier molecular flexibility index (Phi) is 6.59. The van der Waals surface area contributed by atoms with Gasteiger partial charge in [0.05, 0.1) is 0 Å². The Hall–Kier alpha value is -1.68. The zero-order valence-electron chi connectivity index (χ0n) is 13.9. The first-order valence-corrected chi connectivity index (χ1v) is 7.84. The summed E-state index contributed by atoms with van der Waals surface area (Å²) in [5.74, 6) is 0. The fourth-order valence-electron chi connectivity index (χ4n) is 2.43. The Bertz CT molecular complexity index is 525. The van der Waals surface area contributed by atoms with Crippen LogP contribution >= 0.6 is 0 Å². The minimum Gasteiger partial charge on any atom is -0.308 e. The lowest BCUT2D eigenvalue weighted by Crippen LogP contribution is -2.42. The topological polar surface area (TPSA) is 9.72 Å². The van der Waals surface area contributed by atoms with Gasteiger partial charge in [-0.2, -0.15) is 0 Å². The van der Waals surface area contributed by atoms with E-state index in [1.165, 1.54) is 11.1 Å². The average Bonchev–Trinajstić information content (AvgIpc) is 2.53. The first kappa shape index (κ1) is 16.7. The summed E-state index contributed by atoms with van der Waals surface area (Å²) < 4.78 is 0. The normalized spacial score (nSPS) is 11.5. The maximum atomic E-state index is 2.42. The molecule has 0 bridgehead atoms. The van der Waals surface area contributed by atoms with Crippen molar-refractivity contribution < 1.29 is 0 Å². The number of benzene rings is 2. The van der Waals surface area contributed by atoms with Gasteiger partial charge in [-0.1, -0.05) is 60.7 Å². The Morgan fingerprint density at radius 3 is 1.64 bits per heavy atom. The molecule has 0 aliphatic carbocycles. The van der Waals surface area contributed by atoms with Crippen molar-refractivity contribution in [2.24, 2.45) is 0 Å². The van der Waals surface area contributed by atoms with Crippen molar-refractivity contribution in [2.45, 2.75) is 13.1 Å². The molecule has 0 unspecified atom stereocenters. The SMILES string of the molecule is CN(C)CCN(Cc1ccccc1)N(C)Cc1ccccc1. The van der Waals surface area contributed by atoms with Crippen LogP contribution in [0.5, 0.6) is 0 Å². The number of rotatable bonds is 8. The molecular weight excluding hydrogens is 270 g/mol. The van der Waals surface area contributed by atoms with Crippen LogP contribution in [-0.4, -0.2) is 49.2 Å².